The molecular formula is C20H23NO3. The van der Waals surface area contributed by atoms with Gasteiger partial charge in [0.1, 0.15) is 11.5 Å². The normalized spacial score (nSPS) is 10.6. The van der Waals surface area contributed by atoms with Crippen molar-refractivity contribution in [2.24, 2.45) is 0 Å². The van der Waals surface area contributed by atoms with Gasteiger partial charge < -0.3 is 14.8 Å². The highest BCUT2D eigenvalue weighted by molar-refractivity contribution is 6.01. The second-order valence-electron chi connectivity index (χ2n) is 5.32. The number of nitrogens with one attached hydrogen (secondary N) is 1. The number of rotatable bonds is 8. The quantitative estimate of drug-likeness (QED) is 0.573. The SMILES string of the molecule is CCCCOc1ccc(/C=C/C(=O)Nc2ccc(OC)cc2)cc1. The molecule has 24 heavy (non-hydrogen) atoms. The first-order valence-corrected chi connectivity index (χ1v) is 8.07. The minimum atomic E-state index is -0.177. The summed E-state index contributed by atoms with van der Waals surface area (Å²) in [6.07, 6.45) is 5.45. The van der Waals surface area contributed by atoms with Crippen LogP contribution in [-0.4, -0.2) is 19.6 Å². The molecule has 2 aromatic carbocycles. The van der Waals surface area contributed by atoms with E-state index in [2.05, 4.69) is 12.2 Å². The van der Waals surface area contributed by atoms with Gasteiger partial charge in [0.25, 0.3) is 0 Å². The zero-order chi connectivity index (χ0) is 17.2. The van der Waals surface area contributed by atoms with Gasteiger partial charge in [0, 0.05) is 11.8 Å². The summed E-state index contributed by atoms with van der Waals surface area (Å²) in [4.78, 5) is 11.9. The van der Waals surface area contributed by atoms with Crippen molar-refractivity contribution in [2.45, 2.75) is 19.8 Å². The molecule has 0 atom stereocenters. The highest BCUT2D eigenvalue weighted by Crippen LogP contribution is 2.16. The number of methoxy groups -OCH3 is 1. The van der Waals surface area contributed by atoms with Gasteiger partial charge in [0.2, 0.25) is 5.91 Å². The molecule has 2 rings (SSSR count). The molecule has 0 fully saturated rings. The predicted octanol–water partition coefficient (Wildman–Crippen LogP) is 4.53. The minimum absolute atomic E-state index is 0.177. The van der Waals surface area contributed by atoms with Crippen molar-refractivity contribution in [3.8, 4) is 11.5 Å². The Hall–Kier alpha value is -2.75. The molecule has 0 saturated carbocycles. The summed E-state index contributed by atoms with van der Waals surface area (Å²) in [6, 6.07) is 14.9. The van der Waals surface area contributed by atoms with Gasteiger partial charge in [-0.2, -0.15) is 0 Å². The summed E-state index contributed by atoms with van der Waals surface area (Å²) in [7, 11) is 1.61. The van der Waals surface area contributed by atoms with Crippen molar-refractivity contribution in [3.63, 3.8) is 0 Å². The van der Waals surface area contributed by atoms with Gasteiger partial charge in [-0.3, -0.25) is 4.79 Å². The molecule has 0 bridgehead atoms. The molecule has 0 saturated heterocycles. The van der Waals surface area contributed by atoms with Crippen molar-refractivity contribution in [1.82, 2.24) is 0 Å². The van der Waals surface area contributed by atoms with Crippen LogP contribution < -0.4 is 14.8 Å². The first-order chi connectivity index (χ1) is 11.7. The molecule has 0 aromatic heterocycles. The fraction of sp³-hybridized carbons (Fsp3) is 0.250. The third-order valence-corrected chi connectivity index (χ3v) is 3.43. The molecule has 0 aliphatic carbocycles. The first kappa shape index (κ1) is 17.6. The van der Waals surface area contributed by atoms with Gasteiger partial charge in [-0.25, -0.2) is 0 Å². The molecule has 1 N–H and O–H groups in total. The molecule has 0 heterocycles. The molecule has 1 amide bonds. The lowest BCUT2D eigenvalue weighted by atomic mass is 10.2. The smallest absolute Gasteiger partial charge is 0.248 e. The lowest BCUT2D eigenvalue weighted by Crippen LogP contribution is -2.07. The topological polar surface area (TPSA) is 47.6 Å². The third kappa shape index (κ3) is 5.80. The van der Waals surface area contributed by atoms with Gasteiger partial charge in [-0.1, -0.05) is 25.5 Å². The van der Waals surface area contributed by atoms with Crippen molar-refractivity contribution < 1.29 is 14.3 Å². The number of anilines is 1. The maximum Gasteiger partial charge on any atom is 0.248 e. The van der Waals surface area contributed by atoms with E-state index in [1.165, 1.54) is 6.08 Å². The number of hydrogen-bond donors (Lipinski definition) is 1. The number of ether oxygens (including phenoxy) is 2. The highest BCUT2D eigenvalue weighted by Gasteiger charge is 1.99. The van der Waals surface area contributed by atoms with Gasteiger partial charge in [-0.05, 0) is 54.5 Å². The van der Waals surface area contributed by atoms with Crippen LogP contribution in [0.5, 0.6) is 11.5 Å². The maximum absolute atomic E-state index is 11.9. The Kier molecular flexibility index (Phi) is 6.90. The van der Waals surface area contributed by atoms with Crippen molar-refractivity contribution >= 4 is 17.7 Å². The van der Waals surface area contributed by atoms with Crippen molar-refractivity contribution in [1.29, 1.82) is 0 Å². The molecule has 0 radical (unpaired) electrons. The van der Waals surface area contributed by atoms with E-state index in [9.17, 15) is 4.79 Å². The number of unbranched alkanes of at least 4 members (excludes halogenated alkanes) is 1. The Bertz CT molecular complexity index is 660. The van der Waals surface area contributed by atoms with E-state index in [1.807, 2.05) is 24.3 Å². The molecule has 4 nitrogen and oxygen atoms in total. The lowest BCUT2D eigenvalue weighted by molar-refractivity contribution is -0.111. The van der Waals surface area contributed by atoms with E-state index >= 15 is 0 Å². The van der Waals surface area contributed by atoms with Crippen LogP contribution in [0, 0.1) is 0 Å². The average molecular weight is 325 g/mol. The monoisotopic (exact) mass is 325 g/mol. The minimum Gasteiger partial charge on any atom is -0.497 e. The summed E-state index contributed by atoms with van der Waals surface area (Å²) in [5, 5.41) is 2.80. The Morgan fingerprint density at radius 2 is 1.71 bits per heavy atom. The molecule has 0 aliphatic rings. The number of carbonyl (C=O) groups excluding carboxylic acids is 1. The summed E-state index contributed by atoms with van der Waals surface area (Å²) >= 11 is 0. The fourth-order valence-electron chi connectivity index (χ4n) is 2.04. The number of hydrogen-bond acceptors (Lipinski definition) is 3. The molecule has 4 heteroatoms. The van der Waals surface area contributed by atoms with Gasteiger partial charge in [-0.15, -0.1) is 0 Å². The summed E-state index contributed by atoms with van der Waals surface area (Å²) < 4.78 is 10.7. The Labute approximate surface area is 143 Å². The van der Waals surface area contributed by atoms with E-state index in [1.54, 1.807) is 37.5 Å². The van der Waals surface area contributed by atoms with Crippen molar-refractivity contribution in [2.75, 3.05) is 19.0 Å². The van der Waals surface area contributed by atoms with Crippen LogP contribution in [0.2, 0.25) is 0 Å². The molecule has 0 unspecified atom stereocenters. The van der Waals surface area contributed by atoms with Crippen LogP contribution in [0.25, 0.3) is 6.08 Å². The van der Waals surface area contributed by atoms with E-state index in [-0.39, 0.29) is 5.91 Å². The largest absolute Gasteiger partial charge is 0.497 e. The van der Waals surface area contributed by atoms with Gasteiger partial charge >= 0.3 is 0 Å². The van der Waals surface area contributed by atoms with Crippen LogP contribution >= 0.6 is 0 Å². The molecular weight excluding hydrogens is 302 g/mol. The van der Waals surface area contributed by atoms with E-state index in [0.29, 0.717) is 0 Å². The van der Waals surface area contributed by atoms with Crippen LogP contribution in [0.15, 0.2) is 54.6 Å². The predicted molar refractivity (Wildman–Crippen MR) is 97.5 cm³/mol. The van der Waals surface area contributed by atoms with E-state index in [0.717, 1.165) is 42.2 Å². The van der Waals surface area contributed by atoms with Crippen LogP contribution in [0.4, 0.5) is 5.69 Å². The maximum atomic E-state index is 11.9. The second kappa shape index (κ2) is 9.40. The lowest BCUT2D eigenvalue weighted by Gasteiger charge is -2.05. The summed E-state index contributed by atoms with van der Waals surface area (Å²) in [5.74, 6) is 1.43. The first-order valence-electron chi connectivity index (χ1n) is 8.07. The van der Waals surface area contributed by atoms with Crippen LogP contribution in [0.1, 0.15) is 25.3 Å². The van der Waals surface area contributed by atoms with E-state index < -0.39 is 0 Å². The number of carbonyl (C=O) groups is 1. The zero-order valence-electron chi connectivity index (χ0n) is 14.1. The fourth-order valence-corrected chi connectivity index (χ4v) is 2.04. The number of benzene rings is 2. The number of amides is 1. The van der Waals surface area contributed by atoms with Crippen LogP contribution in [0.3, 0.4) is 0 Å². The molecule has 0 aliphatic heterocycles. The molecule has 0 spiro atoms. The average Bonchev–Trinajstić information content (AvgIpc) is 2.62. The Balaban J connectivity index is 1.86. The van der Waals surface area contributed by atoms with Gasteiger partial charge in [0.15, 0.2) is 0 Å². The van der Waals surface area contributed by atoms with Crippen molar-refractivity contribution in [3.05, 3.63) is 60.2 Å². The third-order valence-electron chi connectivity index (χ3n) is 3.43. The standard InChI is InChI=1S/C20H23NO3/c1-3-4-15-24-19-10-5-16(6-11-19)7-14-20(22)21-17-8-12-18(23-2)13-9-17/h5-14H,3-4,15H2,1-2H3,(H,21,22)/b14-7+. The molecule has 2 aromatic rings. The Morgan fingerprint density at radius 1 is 1.04 bits per heavy atom. The van der Waals surface area contributed by atoms with E-state index in [4.69, 9.17) is 9.47 Å². The Morgan fingerprint density at radius 3 is 2.33 bits per heavy atom. The second-order valence-corrected chi connectivity index (χ2v) is 5.32. The molecule has 126 valence electrons. The summed E-state index contributed by atoms with van der Waals surface area (Å²) in [6.45, 7) is 2.87. The highest BCUT2D eigenvalue weighted by atomic mass is 16.5. The summed E-state index contributed by atoms with van der Waals surface area (Å²) in [5.41, 5.74) is 1.67. The van der Waals surface area contributed by atoms with Crippen LogP contribution in [-0.2, 0) is 4.79 Å². The zero-order valence-corrected chi connectivity index (χ0v) is 14.1. The van der Waals surface area contributed by atoms with Gasteiger partial charge in [0.05, 0.1) is 13.7 Å².